The zero-order valence-electron chi connectivity index (χ0n) is 29.7. The Labute approximate surface area is 300 Å². The Bertz CT molecular complexity index is 2050. The van der Waals surface area contributed by atoms with E-state index in [1.165, 1.54) is 15.6 Å². The molecule has 0 amide bonds. The average molecular weight is 717 g/mol. The molecule has 2 aromatic heterocycles. The van der Waals surface area contributed by atoms with Crippen molar-refractivity contribution in [2.75, 3.05) is 32.2 Å². The largest absolute Gasteiger partial charge is 0.458 e. The minimum absolute atomic E-state index is 0.139. The van der Waals surface area contributed by atoms with E-state index in [4.69, 9.17) is 30.8 Å². The van der Waals surface area contributed by atoms with Gasteiger partial charge in [0.25, 0.3) is 5.56 Å². The molecule has 0 radical (unpaired) electrons. The minimum Gasteiger partial charge on any atom is -0.458 e. The number of fused-ring (bicyclic) bond motifs is 5. The van der Waals surface area contributed by atoms with Gasteiger partial charge in [0.05, 0.1) is 54.6 Å². The zero-order chi connectivity index (χ0) is 38.1. The van der Waals surface area contributed by atoms with Gasteiger partial charge in [0.15, 0.2) is 6.10 Å². The van der Waals surface area contributed by atoms with Crippen molar-refractivity contribution >= 4 is 34.5 Å². The second-order valence-electron chi connectivity index (χ2n) is 11.7. The zero-order valence-corrected chi connectivity index (χ0v) is 29.7. The first-order chi connectivity index (χ1) is 25.0. The Morgan fingerprint density at radius 3 is 2.56 bits per heavy atom. The molecule has 276 valence electrons. The number of rotatable bonds is 11. The SMILES string of the molecule is C=C(COCNC)Nc1ccc(/C(N)=C/N(N)Cc2c3c(nc4cc(F)c(C)cc24)-c2cc4c(c(=O)n2C3)COC(=O)C4O)cc1.CC.NCC=O. The number of ether oxygens (including phenoxy) is 2. The number of anilines is 1. The number of pyridine rings is 2. The van der Waals surface area contributed by atoms with Crippen molar-refractivity contribution in [1.82, 2.24) is 19.9 Å². The van der Waals surface area contributed by atoms with Crippen LogP contribution >= 0.6 is 0 Å². The van der Waals surface area contributed by atoms with Crippen molar-refractivity contribution < 1.29 is 28.6 Å². The number of aromatic nitrogens is 2. The number of nitrogens with two attached hydrogens (primary N) is 3. The summed E-state index contributed by atoms with van der Waals surface area (Å²) in [6.45, 7) is 10.6. The number of hydrogen-bond acceptors (Lipinski definition) is 13. The predicted molar refractivity (Wildman–Crippen MR) is 197 cm³/mol. The van der Waals surface area contributed by atoms with Crippen LogP contribution in [-0.4, -0.2) is 58.9 Å². The molecule has 2 aliphatic rings. The highest BCUT2D eigenvalue weighted by Crippen LogP contribution is 2.38. The molecular formula is C37H45FN8O6. The van der Waals surface area contributed by atoms with Crippen molar-refractivity contribution in [2.45, 2.75) is 46.6 Å². The average Bonchev–Trinajstić information content (AvgIpc) is 3.50. The first kappa shape index (κ1) is 39.3. The number of carbonyl (C=O) groups excluding carboxylic acids is 2. The lowest BCUT2D eigenvalue weighted by atomic mass is 9.97. The van der Waals surface area contributed by atoms with Gasteiger partial charge in [-0.15, -0.1) is 0 Å². The molecule has 0 saturated heterocycles. The van der Waals surface area contributed by atoms with Crippen molar-refractivity contribution in [3.05, 3.63) is 110 Å². The van der Waals surface area contributed by atoms with Crippen molar-refractivity contribution in [3.63, 3.8) is 0 Å². The Kier molecular flexibility index (Phi) is 13.4. The van der Waals surface area contributed by atoms with Gasteiger partial charge < -0.3 is 45.7 Å². The van der Waals surface area contributed by atoms with Crippen LogP contribution < -0.4 is 33.5 Å². The number of carbonyl (C=O) groups is 2. The number of aliphatic hydroxyl groups is 1. The number of benzene rings is 2. The number of hydrazine groups is 1. The molecule has 9 N–H and O–H groups in total. The van der Waals surface area contributed by atoms with Gasteiger partial charge in [-0.2, -0.15) is 0 Å². The Hall–Kier alpha value is -5.45. The number of aliphatic hydroxyl groups excluding tert-OH is 1. The van der Waals surface area contributed by atoms with Crippen LogP contribution in [0.4, 0.5) is 10.1 Å². The van der Waals surface area contributed by atoms with Gasteiger partial charge in [-0.3, -0.25) is 10.1 Å². The van der Waals surface area contributed by atoms with Crippen molar-refractivity contribution in [1.29, 1.82) is 0 Å². The Balaban J connectivity index is 0.000000944. The van der Waals surface area contributed by atoms with Crippen LogP contribution in [0.25, 0.3) is 28.0 Å². The van der Waals surface area contributed by atoms with Crippen LogP contribution in [0, 0.1) is 12.7 Å². The summed E-state index contributed by atoms with van der Waals surface area (Å²) >= 11 is 0. The van der Waals surface area contributed by atoms with Gasteiger partial charge >= 0.3 is 5.97 Å². The highest BCUT2D eigenvalue weighted by molar-refractivity contribution is 5.89. The maximum absolute atomic E-state index is 14.7. The fraction of sp³-hybridized carbons (Fsp3) is 0.297. The van der Waals surface area contributed by atoms with E-state index in [2.05, 4.69) is 22.9 Å². The van der Waals surface area contributed by atoms with E-state index in [0.29, 0.717) is 58.9 Å². The lowest BCUT2D eigenvalue weighted by molar-refractivity contribution is -0.157. The summed E-state index contributed by atoms with van der Waals surface area (Å²) < 4.78 is 26.7. The van der Waals surface area contributed by atoms with Crippen LogP contribution in [0.2, 0.25) is 0 Å². The summed E-state index contributed by atoms with van der Waals surface area (Å²) in [5.41, 5.74) is 16.9. The predicted octanol–water partition coefficient (Wildman–Crippen LogP) is 2.89. The van der Waals surface area contributed by atoms with E-state index in [1.807, 2.05) is 38.1 Å². The lowest BCUT2D eigenvalue weighted by Gasteiger charge is -2.21. The summed E-state index contributed by atoms with van der Waals surface area (Å²) in [5, 5.41) is 18.7. The fourth-order valence-corrected chi connectivity index (χ4v) is 5.76. The molecule has 52 heavy (non-hydrogen) atoms. The Morgan fingerprint density at radius 1 is 1.21 bits per heavy atom. The summed E-state index contributed by atoms with van der Waals surface area (Å²) in [6, 6.07) is 12.1. The van der Waals surface area contributed by atoms with Gasteiger partial charge in [0.2, 0.25) is 0 Å². The topological polar surface area (TPSA) is 213 Å². The first-order valence-electron chi connectivity index (χ1n) is 16.6. The van der Waals surface area contributed by atoms with Crippen LogP contribution in [0.3, 0.4) is 0 Å². The number of hydrogen-bond donors (Lipinski definition) is 6. The molecule has 4 heterocycles. The maximum Gasteiger partial charge on any atom is 0.340 e. The van der Waals surface area contributed by atoms with Gasteiger partial charge in [0.1, 0.15) is 18.7 Å². The fourth-order valence-electron chi connectivity index (χ4n) is 5.76. The number of aldehydes is 1. The number of nitrogens with zero attached hydrogens (tertiary/aromatic N) is 3. The number of halogens is 1. The molecule has 4 aromatic rings. The molecule has 0 fully saturated rings. The second-order valence-corrected chi connectivity index (χ2v) is 11.7. The second kappa shape index (κ2) is 17.7. The van der Waals surface area contributed by atoms with Gasteiger partial charge in [-0.05, 0) is 54.9 Å². The number of nitrogens with one attached hydrogen (secondary N) is 2. The monoisotopic (exact) mass is 716 g/mol. The van der Waals surface area contributed by atoms with E-state index in [1.54, 1.807) is 32.3 Å². The van der Waals surface area contributed by atoms with E-state index in [9.17, 15) is 19.1 Å². The summed E-state index contributed by atoms with van der Waals surface area (Å²) in [7, 11) is 1.80. The maximum atomic E-state index is 14.7. The number of cyclic esters (lactones) is 1. The minimum atomic E-state index is -1.58. The van der Waals surface area contributed by atoms with Crippen LogP contribution in [0.5, 0.6) is 0 Å². The molecular weight excluding hydrogens is 671 g/mol. The van der Waals surface area contributed by atoms with Crippen LogP contribution in [-0.2, 0) is 38.8 Å². The molecule has 2 aromatic carbocycles. The third-order valence-electron chi connectivity index (χ3n) is 8.16. The van der Waals surface area contributed by atoms with Gasteiger partial charge in [-0.1, -0.05) is 32.6 Å². The number of aryl methyl sites for hydroxylation is 1. The summed E-state index contributed by atoms with van der Waals surface area (Å²) in [6.07, 6.45) is 0.675. The van der Waals surface area contributed by atoms with E-state index in [0.717, 1.165) is 22.4 Å². The Morgan fingerprint density at radius 2 is 1.90 bits per heavy atom. The molecule has 0 saturated carbocycles. The highest BCUT2D eigenvalue weighted by atomic mass is 19.1. The van der Waals surface area contributed by atoms with E-state index in [-0.39, 0.29) is 37.4 Å². The van der Waals surface area contributed by atoms with Crippen molar-refractivity contribution in [3.8, 4) is 11.4 Å². The molecule has 0 spiro atoms. The van der Waals surface area contributed by atoms with E-state index >= 15 is 0 Å². The van der Waals surface area contributed by atoms with Gasteiger partial charge in [-0.25, -0.2) is 20.0 Å². The summed E-state index contributed by atoms with van der Waals surface area (Å²) in [4.78, 5) is 39.3. The molecule has 14 nitrogen and oxygen atoms in total. The molecule has 1 atom stereocenters. The van der Waals surface area contributed by atoms with Gasteiger partial charge in [0, 0.05) is 46.7 Å². The molecule has 6 rings (SSSR count). The molecule has 1 unspecified atom stereocenters. The molecule has 0 aliphatic carbocycles. The third kappa shape index (κ3) is 8.53. The van der Waals surface area contributed by atoms with Crippen LogP contribution in [0.15, 0.2) is 65.7 Å². The molecule has 2 aliphatic heterocycles. The normalized spacial score (nSPS) is 14.1. The van der Waals surface area contributed by atoms with E-state index < -0.39 is 23.4 Å². The summed E-state index contributed by atoms with van der Waals surface area (Å²) in [5.74, 6) is 5.25. The highest BCUT2D eigenvalue weighted by Gasteiger charge is 2.35. The standard InChI is InChI=1S/C33H34FN7O5.C2H5NO.C2H6/c1-17-8-21-23(11-40(36)13-27(35)19-4-6-20(7-5-19)38-18(2)14-45-16-37-3)24-12-41-29(30(24)39-28(21)10-26(17)34)9-22-25(32(41)43)15-46-33(44)31(22)42;3-1-2-4;1-2/h4-10,13,31,37-38,42H,2,11-12,14-16,35-36H2,1,3H3;2H,1,3H2;1-2H3/b27-13-;;. The van der Waals surface area contributed by atoms with Crippen LogP contribution in [0.1, 0.15) is 53.3 Å². The molecule has 15 heteroatoms. The van der Waals surface area contributed by atoms with Crippen molar-refractivity contribution in [2.24, 2.45) is 17.3 Å². The lowest BCUT2D eigenvalue weighted by Crippen LogP contribution is -2.32. The quantitative estimate of drug-likeness (QED) is 0.0290. The smallest absolute Gasteiger partial charge is 0.340 e. The third-order valence-corrected chi connectivity index (χ3v) is 8.16. The first-order valence-corrected chi connectivity index (χ1v) is 16.6. The molecule has 0 bridgehead atoms. The number of esters is 1.